The molecule has 1 aliphatic carbocycles. The molecule has 27 heavy (non-hydrogen) atoms. The van der Waals surface area contributed by atoms with Crippen molar-refractivity contribution in [3.05, 3.63) is 35.5 Å². The molecular weight excluding hydrogens is 338 g/mol. The van der Waals surface area contributed by atoms with Gasteiger partial charge in [-0.25, -0.2) is 0 Å². The number of aryl methyl sites for hydroxylation is 1. The summed E-state index contributed by atoms with van der Waals surface area (Å²) in [4.78, 5) is 19.8. The van der Waals surface area contributed by atoms with Gasteiger partial charge in [0.2, 0.25) is 0 Å². The Hall–Kier alpha value is -2.14. The van der Waals surface area contributed by atoms with Gasteiger partial charge in [-0.1, -0.05) is 25.7 Å². The van der Waals surface area contributed by atoms with E-state index >= 15 is 0 Å². The zero-order valence-corrected chi connectivity index (χ0v) is 17.0. The van der Waals surface area contributed by atoms with Crippen molar-refractivity contribution in [1.82, 2.24) is 15.2 Å². The molecule has 2 aromatic rings. The zero-order chi connectivity index (χ0) is 19.4. The molecule has 146 valence electrons. The van der Waals surface area contributed by atoms with Crippen molar-refractivity contribution < 1.29 is 9.53 Å². The van der Waals surface area contributed by atoms with Gasteiger partial charge >= 0.3 is 0 Å². The Bertz CT molecular complexity index is 809. The minimum Gasteiger partial charge on any atom is -0.497 e. The van der Waals surface area contributed by atoms with Crippen LogP contribution in [0, 0.1) is 6.92 Å². The Kier molecular flexibility index (Phi) is 6.00. The fraction of sp³-hybridized carbons (Fsp3) is 0.545. The lowest BCUT2D eigenvalue weighted by Crippen LogP contribution is -2.52. The van der Waals surface area contributed by atoms with E-state index in [-0.39, 0.29) is 11.4 Å². The molecular formula is C22H31N3O2. The van der Waals surface area contributed by atoms with E-state index in [0.717, 1.165) is 35.2 Å². The highest BCUT2D eigenvalue weighted by Gasteiger charge is 2.33. The summed E-state index contributed by atoms with van der Waals surface area (Å²) in [6.45, 7) is 2.57. The normalized spacial score (nSPS) is 16.9. The number of nitrogens with one attached hydrogen (secondary N) is 1. The van der Waals surface area contributed by atoms with Gasteiger partial charge in [0.25, 0.3) is 5.91 Å². The summed E-state index contributed by atoms with van der Waals surface area (Å²) in [5.74, 6) is 0.732. The molecule has 0 bridgehead atoms. The number of fused-ring (bicyclic) bond motifs is 1. The number of methoxy groups -OCH3 is 1. The number of aromatic nitrogens is 1. The van der Waals surface area contributed by atoms with Crippen molar-refractivity contribution in [2.75, 3.05) is 27.7 Å². The molecule has 0 atom stereocenters. The SMILES string of the molecule is COc1ccc2cc(C(=O)NCC3(N(C)C)CCCCCC3)c(C)nc2c1. The van der Waals surface area contributed by atoms with Crippen LogP contribution < -0.4 is 10.1 Å². The number of carbonyl (C=O) groups is 1. The highest BCUT2D eigenvalue weighted by Crippen LogP contribution is 2.30. The third-order valence-electron chi connectivity index (χ3n) is 6.02. The molecule has 0 unspecified atom stereocenters. The first-order valence-electron chi connectivity index (χ1n) is 9.86. The second-order valence-electron chi connectivity index (χ2n) is 7.90. The van der Waals surface area contributed by atoms with Crippen LogP contribution in [0.3, 0.4) is 0 Å². The van der Waals surface area contributed by atoms with Crippen molar-refractivity contribution in [1.29, 1.82) is 0 Å². The van der Waals surface area contributed by atoms with Gasteiger partial charge in [0.05, 0.1) is 23.9 Å². The molecule has 1 aliphatic rings. The molecule has 5 heteroatoms. The van der Waals surface area contributed by atoms with Crippen LogP contribution >= 0.6 is 0 Å². The molecule has 5 nitrogen and oxygen atoms in total. The molecule has 0 radical (unpaired) electrons. The lowest BCUT2D eigenvalue weighted by molar-refractivity contribution is 0.0868. The number of rotatable bonds is 5. The van der Waals surface area contributed by atoms with Gasteiger partial charge < -0.3 is 15.0 Å². The van der Waals surface area contributed by atoms with E-state index < -0.39 is 0 Å². The predicted octanol–water partition coefficient (Wildman–Crippen LogP) is 3.94. The first-order chi connectivity index (χ1) is 12.9. The third-order valence-corrected chi connectivity index (χ3v) is 6.02. The lowest BCUT2D eigenvalue weighted by atomic mass is 9.88. The monoisotopic (exact) mass is 369 g/mol. The van der Waals surface area contributed by atoms with E-state index in [4.69, 9.17) is 4.74 Å². The van der Waals surface area contributed by atoms with E-state index in [1.54, 1.807) is 7.11 Å². The number of hydrogen-bond acceptors (Lipinski definition) is 4. The molecule has 0 spiro atoms. The van der Waals surface area contributed by atoms with Crippen LogP contribution in [0.4, 0.5) is 0 Å². The van der Waals surface area contributed by atoms with Gasteiger partial charge in [-0.2, -0.15) is 0 Å². The standard InChI is InChI=1S/C22H31N3O2/c1-16-19(13-17-9-10-18(27-4)14-20(17)24-16)21(26)23-15-22(25(2)3)11-7-5-6-8-12-22/h9-10,13-14H,5-8,11-12,15H2,1-4H3,(H,23,26). The molecule has 1 fully saturated rings. The molecule has 1 amide bonds. The van der Waals surface area contributed by atoms with Gasteiger partial charge in [0, 0.05) is 23.5 Å². The average Bonchev–Trinajstić information content (AvgIpc) is 2.91. The van der Waals surface area contributed by atoms with Crippen molar-refractivity contribution in [2.24, 2.45) is 0 Å². The number of benzene rings is 1. The molecule has 1 aromatic carbocycles. The topological polar surface area (TPSA) is 54.5 Å². The first kappa shape index (κ1) is 19.6. The summed E-state index contributed by atoms with van der Waals surface area (Å²) in [6, 6.07) is 7.68. The van der Waals surface area contributed by atoms with Crippen molar-refractivity contribution in [2.45, 2.75) is 51.0 Å². The van der Waals surface area contributed by atoms with E-state index in [1.165, 1.54) is 25.7 Å². The summed E-state index contributed by atoms with van der Waals surface area (Å²) in [5, 5.41) is 4.15. The number of carbonyl (C=O) groups excluding carboxylic acids is 1. The summed E-state index contributed by atoms with van der Waals surface area (Å²) >= 11 is 0. The number of nitrogens with zero attached hydrogens (tertiary/aromatic N) is 2. The second kappa shape index (κ2) is 8.26. The highest BCUT2D eigenvalue weighted by molar-refractivity contribution is 5.98. The van der Waals surface area contributed by atoms with Crippen LogP contribution in [0.1, 0.15) is 54.6 Å². The van der Waals surface area contributed by atoms with Crippen LogP contribution in [0.15, 0.2) is 24.3 Å². The van der Waals surface area contributed by atoms with Gasteiger partial charge in [0.1, 0.15) is 5.75 Å². The number of pyridine rings is 1. The number of amides is 1. The largest absolute Gasteiger partial charge is 0.497 e. The fourth-order valence-electron chi connectivity index (χ4n) is 4.11. The molecule has 1 heterocycles. The fourth-order valence-corrected chi connectivity index (χ4v) is 4.11. The second-order valence-corrected chi connectivity index (χ2v) is 7.90. The molecule has 1 aromatic heterocycles. The maximum atomic E-state index is 12.9. The third kappa shape index (κ3) is 4.24. The van der Waals surface area contributed by atoms with E-state index in [1.807, 2.05) is 31.2 Å². The lowest BCUT2D eigenvalue weighted by Gasteiger charge is -2.39. The minimum absolute atomic E-state index is 0.0387. The molecule has 0 aliphatic heterocycles. The predicted molar refractivity (Wildman–Crippen MR) is 109 cm³/mol. The number of hydrogen-bond donors (Lipinski definition) is 1. The van der Waals surface area contributed by atoms with Crippen LogP contribution in [0.5, 0.6) is 5.75 Å². The van der Waals surface area contributed by atoms with Crippen LogP contribution in [-0.4, -0.2) is 49.1 Å². The summed E-state index contributed by atoms with van der Waals surface area (Å²) in [6.07, 6.45) is 7.31. The summed E-state index contributed by atoms with van der Waals surface area (Å²) in [7, 11) is 5.91. The summed E-state index contributed by atoms with van der Waals surface area (Å²) in [5.41, 5.74) is 2.29. The Morgan fingerprint density at radius 2 is 1.89 bits per heavy atom. The number of likely N-dealkylation sites (N-methyl/N-ethyl adjacent to an activating group) is 1. The smallest absolute Gasteiger partial charge is 0.253 e. The van der Waals surface area contributed by atoms with E-state index in [2.05, 4.69) is 29.3 Å². The van der Waals surface area contributed by atoms with Gasteiger partial charge in [-0.15, -0.1) is 0 Å². The van der Waals surface area contributed by atoms with Crippen molar-refractivity contribution in [3.8, 4) is 5.75 Å². The Morgan fingerprint density at radius 3 is 2.52 bits per heavy atom. The maximum Gasteiger partial charge on any atom is 0.253 e. The molecule has 1 saturated carbocycles. The van der Waals surface area contributed by atoms with Gasteiger partial charge in [-0.05, 0) is 52.1 Å². The quantitative estimate of drug-likeness (QED) is 0.811. The first-order valence-corrected chi connectivity index (χ1v) is 9.86. The Labute approximate surface area is 162 Å². The minimum atomic E-state index is -0.0387. The van der Waals surface area contributed by atoms with Crippen LogP contribution in [0.2, 0.25) is 0 Å². The van der Waals surface area contributed by atoms with Crippen LogP contribution in [0.25, 0.3) is 10.9 Å². The number of ether oxygens (including phenoxy) is 1. The van der Waals surface area contributed by atoms with Crippen LogP contribution in [-0.2, 0) is 0 Å². The average molecular weight is 370 g/mol. The molecule has 3 rings (SSSR count). The Balaban J connectivity index is 1.79. The maximum absolute atomic E-state index is 12.9. The van der Waals surface area contributed by atoms with Crippen molar-refractivity contribution >= 4 is 16.8 Å². The molecule has 0 saturated heterocycles. The van der Waals surface area contributed by atoms with Gasteiger partial charge in [-0.3, -0.25) is 9.78 Å². The van der Waals surface area contributed by atoms with E-state index in [0.29, 0.717) is 12.1 Å². The van der Waals surface area contributed by atoms with Gasteiger partial charge in [0.15, 0.2) is 0 Å². The molecule has 1 N–H and O–H groups in total. The zero-order valence-electron chi connectivity index (χ0n) is 17.0. The summed E-state index contributed by atoms with van der Waals surface area (Å²) < 4.78 is 5.27. The van der Waals surface area contributed by atoms with Crippen molar-refractivity contribution in [3.63, 3.8) is 0 Å². The highest BCUT2D eigenvalue weighted by atomic mass is 16.5. The van der Waals surface area contributed by atoms with E-state index in [9.17, 15) is 4.79 Å². The Morgan fingerprint density at radius 1 is 1.19 bits per heavy atom.